The van der Waals surface area contributed by atoms with Gasteiger partial charge in [0.15, 0.2) is 0 Å². The lowest BCUT2D eigenvalue weighted by Gasteiger charge is -2.33. The molecule has 1 aliphatic heterocycles. The maximum Gasteiger partial charge on any atom is 0.212 e. The number of methoxy groups -OCH3 is 1. The average molecular weight is 347 g/mol. The molecule has 1 N–H and O–H groups in total. The molecule has 4 heteroatoms. The highest BCUT2D eigenvalue weighted by atomic mass is 79.9. The highest BCUT2D eigenvalue weighted by molar-refractivity contribution is 9.10. The summed E-state index contributed by atoms with van der Waals surface area (Å²) in [5.74, 6) is 1.62. The maximum absolute atomic E-state index is 5.16. The summed E-state index contributed by atoms with van der Waals surface area (Å²) in [5, 5.41) is 3.52. The van der Waals surface area contributed by atoms with Gasteiger partial charge in [-0.3, -0.25) is 0 Å². The Morgan fingerprint density at radius 2 is 2.05 bits per heavy atom. The van der Waals surface area contributed by atoms with Crippen LogP contribution >= 0.6 is 15.9 Å². The molecule has 2 heterocycles. The second-order valence-corrected chi connectivity index (χ2v) is 6.22. The molecule has 2 aromatic rings. The summed E-state index contributed by atoms with van der Waals surface area (Å²) in [4.78, 5) is 4.37. The zero-order valence-corrected chi connectivity index (χ0v) is 13.6. The summed E-state index contributed by atoms with van der Waals surface area (Å²) in [7, 11) is 1.65. The fraction of sp³-hybridized carbons (Fsp3) is 0.353. The van der Waals surface area contributed by atoms with Crippen molar-refractivity contribution in [3.8, 4) is 5.88 Å². The molecule has 1 saturated heterocycles. The molecule has 3 nitrogen and oxygen atoms in total. The van der Waals surface area contributed by atoms with Gasteiger partial charge >= 0.3 is 0 Å². The molecular weight excluding hydrogens is 328 g/mol. The normalized spacial score (nSPS) is 22.0. The number of rotatable bonds is 3. The van der Waals surface area contributed by atoms with Gasteiger partial charge in [-0.2, -0.15) is 0 Å². The number of nitrogens with one attached hydrogen (secondary N) is 1. The Kier molecular flexibility index (Phi) is 4.56. The Morgan fingerprint density at radius 3 is 2.76 bits per heavy atom. The summed E-state index contributed by atoms with van der Waals surface area (Å²) in [6, 6.07) is 12.6. The Bertz CT molecular complexity index is 600. The van der Waals surface area contributed by atoms with Gasteiger partial charge in [-0.15, -0.1) is 0 Å². The van der Waals surface area contributed by atoms with Gasteiger partial charge in [-0.25, -0.2) is 4.98 Å². The van der Waals surface area contributed by atoms with Crippen LogP contribution in [-0.4, -0.2) is 25.2 Å². The van der Waals surface area contributed by atoms with Crippen LogP contribution in [0.4, 0.5) is 0 Å². The number of aromatic nitrogens is 1. The van der Waals surface area contributed by atoms with E-state index >= 15 is 0 Å². The van der Waals surface area contributed by atoms with E-state index in [0.717, 1.165) is 19.5 Å². The minimum Gasteiger partial charge on any atom is -0.481 e. The monoisotopic (exact) mass is 346 g/mol. The lowest BCUT2D eigenvalue weighted by molar-refractivity contribution is 0.390. The van der Waals surface area contributed by atoms with Gasteiger partial charge in [-0.1, -0.05) is 40.2 Å². The smallest absolute Gasteiger partial charge is 0.212 e. The second-order valence-electron chi connectivity index (χ2n) is 5.36. The lowest BCUT2D eigenvalue weighted by Crippen LogP contribution is -2.34. The summed E-state index contributed by atoms with van der Waals surface area (Å²) < 4.78 is 6.34. The van der Waals surface area contributed by atoms with Gasteiger partial charge in [-0.05, 0) is 36.1 Å². The molecule has 0 aliphatic carbocycles. The van der Waals surface area contributed by atoms with E-state index < -0.39 is 0 Å². The molecule has 1 aliphatic rings. The number of hydrogen-bond donors (Lipinski definition) is 1. The van der Waals surface area contributed by atoms with E-state index in [9.17, 15) is 0 Å². The van der Waals surface area contributed by atoms with E-state index in [2.05, 4.69) is 56.6 Å². The molecule has 0 spiro atoms. The van der Waals surface area contributed by atoms with Crippen molar-refractivity contribution >= 4 is 15.9 Å². The summed E-state index contributed by atoms with van der Waals surface area (Å²) in [5.41, 5.74) is 2.66. The molecule has 2 atom stereocenters. The van der Waals surface area contributed by atoms with E-state index in [4.69, 9.17) is 4.74 Å². The first-order valence-corrected chi connectivity index (χ1v) is 8.04. The molecule has 1 aromatic heterocycles. The van der Waals surface area contributed by atoms with Crippen LogP contribution in [0.3, 0.4) is 0 Å². The summed E-state index contributed by atoms with van der Waals surface area (Å²) in [6.07, 6.45) is 3.08. The fourth-order valence-corrected chi connectivity index (χ4v) is 3.67. The van der Waals surface area contributed by atoms with Crippen LogP contribution in [0.2, 0.25) is 0 Å². The number of ether oxygens (including phenoxy) is 1. The van der Waals surface area contributed by atoms with Crippen molar-refractivity contribution < 1.29 is 4.74 Å². The first-order valence-electron chi connectivity index (χ1n) is 7.24. The van der Waals surface area contributed by atoms with Gasteiger partial charge in [0, 0.05) is 29.2 Å². The van der Waals surface area contributed by atoms with E-state index in [1.807, 2.05) is 12.3 Å². The van der Waals surface area contributed by atoms with Crippen molar-refractivity contribution in [2.24, 2.45) is 0 Å². The van der Waals surface area contributed by atoms with Gasteiger partial charge in [0.25, 0.3) is 0 Å². The number of halogens is 1. The van der Waals surface area contributed by atoms with Crippen LogP contribution in [0.25, 0.3) is 0 Å². The summed E-state index contributed by atoms with van der Waals surface area (Å²) in [6.45, 7) is 2.05. The highest BCUT2D eigenvalue weighted by Gasteiger charge is 2.29. The van der Waals surface area contributed by atoms with Crippen LogP contribution in [0.15, 0.2) is 47.1 Å². The van der Waals surface area contributed by atoms with Crippen molar-refractivity contribution in [3.05, 3.63) is 58.2 Å². The van der Waals surface area contributed by atoms with Gasteiger partial charge < -0.3 is 10.1 Å². The molecular formula is C17H19BrN2O. The summed E-state index contributed by atoms with van der Waals surface area (Å²) >= 11 is 3.69. The van der Waals surface area contributed by atoms with Gasteiger partial charge in [0.2, 0.25) is 5.88 Å². The number of piperidine rings is 1. The molecule has 110 valence electrons. The average Bonchev–Trinajstić information content (AvgIpc) is 2.55. The van der Waals surface area contributed by atoms with E-state index in [1.165, 1.54) is 15.6 Å². The molecule has 21 heavy (non-hydrogen) atoms. The first kappa shape index (κ1) is 14.5. The van der Waals surface area contributed by atoms with E-state index in [-0.39, 0.29) is 0 Å². The van der Waals surface area contributed by atoms with Crippen LogP contribution < -0.4 is 10.1 Å². The van der Waals surface area contributed by atoms with Crippen LogP contribution in [0.5, 0.6) is 5.88 Å². The van der Waals surface area contributed by atoms with Crippen molar-refractivity contribution in [2.45, 2.75) is 18.3 Å². The Morgan fingerprint density at radius 1 is 1.19 bits per heavy atom. The SMILES string of the molecule is COc1ccc(C2CCNCC2c2ccccc2Br)cn1. The zero-order chi connectivity index (χ0) is 14.7. The molecule has 0 amide bonds. The van der Waals surface area contributed by atoms with Crippen LogP contribution in [-0.2, 0) is 0 Å². The number of pyridine rings is 1. The Hall–Kier alpha value is -1.39. The molecule has 0 radical (unpaired) electrons. The standard InChI is InChI=1S/C17H19BrN2O/c1-21-17-7-6-12(10-20-17)13-8-9-19-11-15(13)14-4-2-3-5-16(14)18/h2-7,10,13,15,19H,8-9,11H2,1H3. The largest absolute Gasteiger partial charge is 0.481 e. The number of benzene rings is 1. The van der Waals surface area contributed by atoms with Crippen molar-refractivity contribution in [3.63, 3.8) is 0 Å². The maximum atomic E-state index is 5.16. The number of nitrogens with zero attached hydrogens (tertiary/aromatic N) is 1. The van der Waals surface area contributed by atoms with Gasteiger partial charge in [0.05, 0.1) is 7.11 Å². The number of hydrogen-bond acceptors (Lipinski definition) is 3. The minimum atomic E-state index is 0.463. The molecule has 0 bridgehead atoms. The zero-order valence-electron chi connectivity index (χ0n) is 12.1. The molecule has 1 aromatic carbocycles. The Labute approximate surface area is 133 Å². The van der Waals surface area contributed by atoms with Crippen molar-refractivity contribution in [1.82, 2.24) is 10.3 Å². The fourth-order valence-electron chi connectivity index (χ4n) is 3.09. The molecule has 2 unspecified atom stereocenters. The van der Waals surface area contributed by atoms with Crippen molar-refractivity contribution in [2.75, 3.05) is 20.2 Å². The Balaban J connectivity index is 1.92. The first-order chi connectivity index (χ1) is 10.3. The van der Waals surface area contributed by atoms with Crippen LogP contribution in [0, 0.1) is 0 Å². The topological polar surface area (TPSA) is 34.1 Å². The van der Waals surface area contributed by atoms with Crippen molar-refractivity contribution in [1.29, 1.82) is 0 Å². The third-order valence-corrected chi connectivity index (χ3v) is 4.91. The highest BCUT2D eigenvalue weighted by Crippen LogP contribution is 2.39. The lowest BCUT2D eigenvalue weighted by atomic mass is 9.78. The molecule has 1 fully saturated rings. The van der Waals surface area contributed by atoms with E-state index in [1.54, 1.807) is 7.11 Å². The predicted molar refractivity (Wildman–Crippen MR) is 87.9 cm³/mol. The predicted octanol–water partition coefficient (Wildman–Crippen LogP) is 3.71. The second kappa shape index (κ2) is 6.58. The minimum absolute atomic E-state index is 0.463. The molecule has 3 rings (SSSR count). The third kappa shape index (κ3) is 3.11. The molecule has 0 saturated carbocycles. The quantitative estimate of drug-likeness (QED) is 0.919. The van der Waals surface area contributed by atoms with Crippen LogP contribution in [0.1, 0.15) is 29.4 Å². The van der Waals surface area contributed by atoms with Gasteiger partial charge in [0.1, 0.15) is 0 Å². The third-order valence-electron chi connectivity index (χ3n) is 4.18. The van der Waals surface area contributed by atoms with E-state index in [0.29, 0.717) is 17.7 Å².